The van der Waals surface area contributed by atoms with E-state index in [0.717, 1.165) is 0 Å². The fraction of sp³-hybridized carbons (Fsp3) is 0. The van der Waals surface area contributed by atoms with Crippen molar-refractivity contribution in [2.45, 2.75) is 0 Å². The van der Waals surface area contributed by atoms with E-state index >= 15 is 0 Å². The number of carbonyl (C=O) groups is 1. The number of hydrogen-bond acceptors (Lipinski definition) is 5. The lowest BCUT2D eigenvalue weighted by atomic mass is 10.2. The van der Waals surface area contributed by atoms with Gasteiger partial charge in [-0.1, -0.05) is 23.9 Å². The lowest BCUT2D eigenvalue weighted by molar-refractivity contribution is -1.37. The lowest BCUT2D eigenvalue weighted by Crippen LogP contribution is -3.04. The van der Waals surface area contributed by atoms with Gasteiger partial charge in [-0.15, -0.1) is 15.6 Å². The number of benzene rings is 1. The predicted octanol–water partition coefficient (Wildman–Crippen LogP) is -1.50. The summed E-state index contributed by atoms with van der Waals surface area (Å²) in [4.78, 5) is 10.2. The van der Waals surface area contributed by atoms with E-state index in [0.29, 0.717) is 0 Å². The molecule has 1 rings (SSSR count). The molecular formula is C7H9NO6. The first-order chi connectivity index (χ1) is 6.45. The number of hydrogen-bond donors (Lipinski definition) is 5. The van der Waals surface area contributed by atoms with Crippen LogP contribution in [0.5, 0.6) is 5.75 Å². The van der Waals surface area contributed by atoms with Crippen LogP contribution in [0.2, 0.25) is 0 Å². The second-order valence-corrected chi connectivity index (χ2v) is 2.10. The Morgan fingerprint density at radius 3 is 1.93 bits per heavy atom. The fourth-order valence-corrected chi connectivity index (χ4v) is 0.643. The zero-order valence-corrected chi connectivity index (χ0v) is 6.91. The van der Waals surface area contributed by atoms with Gasteiger partial charge in [0.15, 0.2) is 0 Å². The topological polar surface area (TPSA) is 125 Å². The van der Waals surface area contributed by atoms with E-state index in [4.69, 9.17) is 20.7 Å². The second-order valence-electron chi connectivity index (χ2n) is 2.10. The van der Waals surface area contributed by atoms with E-state index in [1.807, 2.05) is 0 Å². The van der Waals surface area contributed by atoms with Crippen LogP contribution in [0.4, 0.5) is 0 Å². The van der Waals surface area contributed by atoms with Crippen LogP contribution < -0.4 is 10.5 Å². The van der Waals surface area contributed by atoms with Gasteiger partial charge < -0.3 is 10.2 Å². The maximum absolute atomic E-state index is 10.7. The molecule has 0 aliphatic rings. The van der Waals surface area contributed by atoms with E-state index in [-0.39, 0.29) is 5.56 Å². The first kappa shape index (κ1) is 12.3. The Morgan fingerprint density at radius 2 is 1.64 bits per heavy atom. The minimum atomic E-state index is -1.58. The minimum absolute atomic E-state index is 0.178. The highest BCUT2D eigenvalue weighted by atomic mass is 17.0. The van der Waals surface area contributed by atoms with Crippen molar-refractivity contribution in [3.05, 3.63) is 29.8 Å². The average Bonchev–Trinajstić information content (AvgIpc) is 2.03. The molecule has 0 aliphatic heterocycles. The Morgan fingerprint density at radius 1 is 1.21 bits per heavy atom. The molecule has 1 aromatic rings. The molecule has 0 saturated carbocycles. The summed E-state index contributed by atoms with van der Waals surface area (Å²) in [6, 6.07) is 5.54. The van der Waals surface area contributed by atoms with Crippen LogP contribution in [-0.2, 0) is 0 Å². The number of carboxylic acids is 1. The Bertz CT molecular complexity index is 297. The number of aromatic carboxylic acids is 1. The normalized spacial score (nSPS) is 9.14. The third-order valence-corrected chi connectivity index (χ3v) is 1.12. The van der Waals surface area contributed by atoms with E-state index < -0.39 is 17.1 Å². The maximum atomic E-state index is 10.7. The van der Waals surface area contributed by atoms with Gasteiger partial charge in [0.1, 0.15) is 0 Å². The van der Waals surface area contributed by atoms with Crippen LogP contribution in [0.3, 0.4) is 0 Å². The van der Waals surface area contributed by atoms with Crippen LogP contribution >= 0.6 is 0 Å². The molecule has 78 valence electrons. The van der Waals surface area contributed by atoms with Gasteiger partial charge in [0, 0.05) is 0 Å². The van der Waals surface area contributed by atoms with Gasteiger partial charge in [-0.3, -0.25) is 0 Å². The average molecular weight is 203 g/mol. The quantitative estimate of drug-likeness (QED) is 0.353. The molecule has 0 radical (unpaired) electrons. The zero-order chi connectivity index (χ0) is 11.1. The van der Waals surface area contributed by atoms with Crippen molar-refractivity contribution in [2.24, 2.45) is 0 Å². The van der Waals surface area contributed by atoms with Gasteiger partial charge in [0.2, 0.25) is 0 Å². The van der Waals surface area contributed by atoms with Crippen LogP contribution in [0.25, 0.3) is 0 Å². The molecule has 0 amide bonds. The Kier molecular flexibility index (Phi) is 5.19. The van der Waals surface area contributed by atoms with E-state index in [2.05, 4.69) is 0 Å². The third kappa shape index (κ3) is 5.06. The molecule has 7 nitrogen and oxygen atoms in total. The van der Waals surface area contributed by atoms with Crippen LogP contribution in [0.1, 0.15) is 10.4 Å². The maximum Gasteiger partial charge on any atom is 0.335 e. The van der Waals surface area contributed by atoms with Crippen molar-refractivity contribution in [2.75, 3.05) is 0 Å². The number of para-hydroxylation sites is 1. The molecule has 0 atom stereocenters. The van der Waals surface area contributed by atoms with Crippen molar-refractivity contribution < 1.29 is 36.0 Å². The lowest BCUT2D eigenvalue weighted by Gasteiger charge is -2.07. The molecule has 0 fully saturated rings. The highest BCUT2D eigenvalue weighted by molar-refractivity contribution is 5.90. The Hall–Kier alpha value is -1.67. The summed E-state index contributed by atoms with van der Waals surface area (Å²) in [6.45, 7) is 0. The van der Waals surface area contributed by atoms with Crippen LogP contribution in [-0.4, -0.2) is 26.7 Å². The summed E-state index contributed by atoms with van der Waals surface area (Å²) in [6.07, 6.45) is 0. The van der Waals surface area contributed by atoms with Crippen LogP contribution in [0.15, 0.2) is 24.3 Å². The molecule has 0 aliphatic carbocycles. The second kappa shape index (κ2) is 5.89. The van der Waals surface area contributed by atoms with Crippen molar-refractivity contribution in [3.8, 4) is 5.75 Å². The molecule has 0 aromatic heterocycles. The largest absolute Gasteiger partial charge is 0.872 e. The number of quaternary nitrogens is 1. The molecule has 0 bridgehead atoms. The minimum Gasteiger partial charge on any atom is -0.872 e. The molecule has 0 heterocycles. The van der Waals surface area contributed by atoms with Crippen molar-refractivity contribution in [1.29, 1.82) is 0 Å². The van der Waals surface area contributed by atoms with E-state index in [1.165, 1.54) is 24.3 Å². The summed E-state index contributed by atoms with van der Waals surface area (Å²) < 4.78 is 0. The van der Waals surface area contributed by atoms with Gasteiger partial charge in [0.25, 0.3) is 0 Å². The Labute approximate surface area is 78.6 Å². The fourth-order valence-electron chi connectivity index (χ4n) is 0.643. The summed E-state index contributed by atoms with van der Waals surface area (Å²) in [5.41, 5.74) is -0.178. The van der Waals surface area contributed by atoms with Gasteiger partial charge in [-0.25, -0.2) is 4.79 Å². The molecular weight excluding hydrogens is 194 g/mol. The van der Waals surface area contributed by atoms with E-state index in [1.54, 1.807) is 0 Å². The monoisotopic (exact) mass is 203 g/mol. The van der Waals surface area contributed by atoms with Gasteiger partial charge >= 0.3 is 5.97 Å². The first-order valence-electron chi connectivity index (χ1n) is 3.38. The third-order valence-electron chi connectivity index (χ3n) is 1.12. The van der Waals surface area contributed by atoms with Gasteiger partial charge in [-0.05, 0) is 6.07 Å². The van der Waals surface area contributed by atoms with Crippen molar-refractivity contribution >= 4 is 5.97 Å². The van der Waals surface area contributed by atoms with E-state index in [9.17, 15) is 9.90 Å². The molecule has 14 heavy (non-hydrogen) atoms. The molecule has 1 aromatic carbocycles. The zero-order valence-electron chi connectivity index (χ0n) is 6.91. The van der Waals surface area contributed by atoms with Crippen molar-refractivity contribution in [1.82, 2.24) is 0 Å². The highest BCUT2D eigenvalue weighted by Crippen LogP contribution is 2.10. The van der Waals surface area contributed by atoms with Crippen molar-refractivity contribution in [3.63, 3.8) is 0 Å². The van der Waals surface area contributed by atoms with Crippen LogP contribution in [0, 0.1) is 0 Å². The standard InChI is InChI=1S/C7H6O3.H4NO3/c8-6-4-2-1-3-5(6)7(9)10;2-1(3)4/h1-4,8H,(H,9,10);1-4H/q;+1/p-1. The van der Waals surface area contributed by atoms with Gasteiger partial charge in [-0.2, -0.15) is 0 Å². The predicted molar refractivity (Wildman–Crippen MR) is 39.2 cm³/mol. The molecule has 5 N–H and O–H groups in total. The SMILES string of the molecule is O=C(O)c1ccccc1[O-].O[NH+](O)O. The smallest absolute Gasteiger partial charge is 0.335 e. The number of carboxylic acid groups (broad SMARTS) is 1. The summed E-state index contributed by atoms with van der Waals surface area (Å²) in [7, 11) is 0. The molecule has 7 heteroatoms. The highest BCUT2D eigenvalue weighted by Gasteiger charge is 1.99. The molecule has 0 spiro atoms. The summed E-state index contributed by atoms with van der Waals surface area (Å²) in [5.74, 6) is -1.62. The number of rotatable bonds is 1. The van der Waals surface area contributed by atoms with Gasteiger partial charge in [0.05, 0.1) is 11.0 Å². The molecule has 0 unspecified atom stereocenters. The Balaban J connectivity index is 0.000000364. The first-order valence-corrected chi connectivity index (χ1v) is 3.38. The number of nitrogens with one attached hydrogen (secondary N) is 1. The summed E-state index contributed by atoms with van der Waals surface area (Å²) in [5, 5.41) is 38.7. The summed E-state index contributed by atoms with van der Waals surface area (Å²) >= 11 is 0. The molecule has 0 saturated heterocycles.